The summed E-state index contributed by atoms with van der Waals surface area (Å²) in [7, 11) is 0.961. The number of amides is 1. The Bertz CT molecular complexity index is 669. The first-order valence-corrected chi connectivity index (χ1v) is 8.80. The van der Waals surface area contributed by atoms with Crippen molar-refractivity contribution < 1.29 is 23.2 Å². The molecule has 1 fully saturated rings. The highest BCUT2D eigenvalue weighted by Gasteiger charge is 2.51. The van der Waals surface area contributed by atoms with Crippen LogP contribution in [0.2, 0.25) is 0 Å². The Labute approximate surface area is 155 Å². The maximum Gasteiger partial charge on any atom is 0.494 e. The predicted molar refractivity (Wildman–Crippen MR) is 99.8 cm³/mol. The molecule has 1 saturated heterocycles. The molecule has 0 radical (unpaired) electrons. The predicted octanol–water partition coefficient (Wildman–Crippen LogP) is 3.49. The highest BCUT2D eigenvalue weighted by Crippen LogP contribution is 2.36. The van der Waals surface area contributed by atoms with Crippen molar-refractivity contribution in [3.8, 4) is 0 Å². The van der Waals surface area contributed by atoms with E-state index in [4.69, 9.17) is 14.0 Å². The Morgan fingerprint density at radius 1 is 1.19 bits per heavy atom. The lowest BCUT2D eigenvalue weighted by molar-refractivity contribution is 0.00578. The van der Waals surface area contributed by atoms with E-state index in [0.717, 1.165) is 0 Å². The van der Waals surface area contributed by atoms with Crippen LogP contribution in [0.5, 0.6) is 0 Å². The van der Waals surface area contributed by atoms with Gasteiger partial charge < -0.3 is 18.9 Å². The molecule has 0 aliphatic carbocycles. The summed E-state index contributed by atoms with van der Waals surface area (Å²) in [5.41, 5.74) is -0.540. The summed E-state index contributed by atoms with van der Waals surface area (Å²) in [6.45, 7) is 13.3. The van der Waals surface area contributed by atoms with Crippen LogP contribution in [0.4, 0.5) is 9.18 Å². The largest absolute Gasteiger partial charge is 0.494 e. The molecule has 5 nitrogen and oxygen atoms in total. The van der Waals surface area contributed by atoms with E-state index in [0.29, 0.717) is 11.0 Å². The van der Waals surface area contributed by atoms with Crippen LogP contribution in [0.3, 0.4) is 0 Å². The number of carbonyl (C=O) groups is 1. The summed E-state index contributed by atoms with van der Waals surface area (Å²) in [5.74, 6) is -0.410. The van der Waals surface area contributed by atoms with Crippen LogP contribution in [0.1, 0.15) is 54.0 Å². The van der Waals surface area contributed by atoms with Gasteiger partial charge >= 0.3 is 13.2 Å². The number of carbonyl (C=O) groups excluding carboxylic acids is 1. The van der Waals surface area contributed by atoms with Crippen molar-refractivity contribution in [3.05, 3.63) is 29.6 Å². The Morgan fingerprint density at radius 2 is 1.73 bits per heavy atom. The number of halogens is 1. The van der Waals surface area contributed by atoms with Gasteiger partial charge in [-0.2, -0.15) is 0 Å². The maximum atomic E-state index is 14.6. The third-order valence-electron chi connectivity index (χ3n) is 4.72. The molecule has 1 aliphatic rings. The van der Waals surface area contributed by atoms with Crippen LogP contribution in [-0.2, 0) is 20.6 Å². The van der Waals surface area contributed by atoms with Gasteiger partial charge in [0, 0.05) is 12.6 Å². The molecular weight excluding hydrogens is 336 g/mol. The van der Waals surface area contributed by atoms with Gasteiger partial charge in [0.25, 0.3) is 0 Å². The molecule has 7 heteroatoms. The van der Waals surface area contributed by atoms with Crippen molar-refractivity contribution in [2.75, 3.05) is 7.05 Å². The zero-order valence-corrected chi connectivity index (χ0v) is 17.0. The normalized spacial score (nSPS) is 18.7. The minimum atomic E-state index is -0.618. The van der Waals surface area contributed by atoms with Gasteiger partial charge in [0.05, 0.1) is 17.7 Å². The third kappa shape index (κ3) is 4.57. The van der Waals surface area contributed by atoms with E-state index >= 15 is 0 Å². The van der Waals surface area contributed by atoms with E-state index in [1.165, 1.54) is 11.0 Å². The third-order valence-corrected chi connectivity index (χ3v) is 4.72. The molecule has 144 valence electrons. The van der Waals surface area contributed by atoms with Crippen molar-refractivity contribution in [1.29, 1.82) is 0 Å². The topological polar surface area (TPSA) is 48.0 Å². The first-order chi connectivity index (χ1) is 11.7. The van der Waals surface area contributed by atoms with Crippen LogP contribution < -0.4 is 5.46 Å². The van der Waals surface area contributed by atoms with Crippen LogP contribution in [0.15, 0.2) is 18.2 Å². The Balaban J connectivity index is 2.10. The van der Waals surface area contributed by atoms with Crippen molar-refractivity contribution >= 4 is 18.7 Å². The molecule has 0 atom stereocenters. The Kier molecular flexibility index (Phi) is 5.46. The minimum Gasteiger partial charge on any atom is -0.444 e. The van der Waals surface area contributed by atoms with E-state index in [1.54, 1.807) is 40.0 Å². The number of ether oxygens (including phenoxy) is 1. The Hall–Kier alpha value is -1.60. The minimum absolute atomic E-state index is 0.115. The summed E-state index contributed by atoms with van der Waals surface area (Å²) in [4.78, 5) is 13.4. The van der Waals surface area contributed by atoms with Crippen LogP contribution >= 0.6 is 0 Å². The molecule has 0 N–H and O–H groups in total. The van der Waals surface area contributed by atoms with Crippen molar-refractivity contribution in [2.24, 2.45) is 0 Å². The van der Waals surface area contributed by atoms with E-state index < -0.39 is 35.8 Å². The molecule has 1 heterocycles. The van der Waals surface area contributed by atoms with Crippen molar-refractivity contribution in [3.63, 3.8) is 0 Å². The quantitative estimate of drug-likeness (QED) is 0.770. The molecule has 26 heavy (non-hydrogen) atoms. The van der Waals surface area contributed by atoms with Crippen LogP contribution in [0.25, 0.3) is 0 Å². The lowest BCUT2D eigenvalue weighted by Crippen LogP contribution is -2.41. The molecule has 0 aromatic heterocycles. The SMILES string of the molecule is CN(Cc1ccc(B2OC(C)(C)C(C)(C)O2)cc1F)C(=O)OC(C)(C)C. The number of hydrogen-bond acceptors (Lipinski definition) is 4. The van der Waals surface area contributed by atoms with Crippen LogP contribution in [-0.4, -0.2) is 42.0 Å². The molecule has 1 aromatic rings. The fraction of sp³-hybridized carbons (Fsp3) is 0.632. The number of benzene rings is 1. The smallest absolute Gasteiger partial charge is 0.444 e. The fourth-order valence-electron chi connectivity index (χ4n) is 2.48. The number of rotatable bonds is 3. The number of hydrogen-bond donors (Lipinski definition) is 0. The molecular formula is C19H29BFNO4. The summed E-state index contributed by atoms with van der Waals surface area (Å²) in [6, 6.07) is 4.82. The van der Waals surface area contributed by atoms with Gasteiger partial charge in [-0.15, -0.1) is 0 Å². The Morgan fingerprint density at radius 3 is 2.19 bits per heavy atom. The van der Waals surface area contributed by atoms with Gasteiger partial charge in [0.1, 0.15) is 11.4 Å². The maximum absolute atomic E-state index is 14.6. The summed E-state index contributed by atoms with van der Waals surface area (Å²) in [6.07, 6.45) is -0.494. The monoisotopic (exact) mass is 365 g/mol. The van der Waals surface area contributed by atoms with E-state index in [1.807, 2.05) is 27.7 Å². The first kappa shape index (κ1) is 20.7. The first-order valence-electron chi connectivity index (χ1n) is 8.80. The average Bonchev–Trinajstić information content (AvgIpc) is 2.67. The molecule has 1 aromatic carbocycles. The summed E-state index contributed by atoms with van der Waals surface area (Å²) < 4.78 is 31.7. The van der Waals surface area contributed by atoms with Gasteiger partial charge in [0.15, 0.2) is 0 Å². The molecule has 0 unspecified atom stereocenters. The van der Waals surface area contributed by atoms with Gasteiger partial charge in [-0.25, -0.2) is 9.18 Å². The average molecular weight is 365 g/mol. The highest BCUT2D eigenvalue weighted by atomic mass is 19.1. The zero-order chi connectivity index (χ0) is 19.9. The summed E-state index contributed by atoms with van der Waals surface area (Å²) >= 11 is 0. The number of nitrogens with zero attached hydrogens (tertiary/aromatic N) is 1. The molecule has 0 spiro atoms. The van der Waals surface area contributed by atoms with E-state index in [-0.39, 0.29) is 6.54 Å². The van der Waals surface area contributed by atoms with Gasteiger partial charge in [-0.1, -0.05) is 12.1 Å². The second-order valence-corrected chi connectivity index (χ2v) is 8.78. The fourth-order valence-corrected chi connectivity index (χ4v) is 2.48. The van der Waals surface area contributed by atoms with Gasteiger partial charge in [0.2, 0.25) is 0 Å². The second kappa shape index (κ2) is 6.85. The zero-order valence-electron chi connectivity index (χ0n) is 17.0. The second-order valence-electron chi connectivity index (χ2n) is 8.78. The molecule has 1 aliphatic heterocycles. The molecule has 0 bridgehead atoms. The van der Waals surface area contributed by atoms with E-state index in [2.05, 4.69) is 0 Å². The van der Waals surface area contributed by atoms with Gasteiger partial charge in [-0.3, -0.25) is 0 Å². The molecule has 0 saturated carbocycles. The lowest BCUT2D eigenvalue weighted by atomic mass is 9.78. The van der Waals surface area contributed by atoms with Crippen molar-refractivity contribution in [1.82, 2.24) is 4.90 Å². The highest BCUT2D eigenvalue weighted by molar-refractivity contribution is 6.62. The van der Waals surface area contributed by atoms with E-state index in [9.17, 15) is 9.18 Å². The van der Waals surface area contributed by atoms with Crippen LogP contribution in [0, 0.1) is 5.82 Å². The standard InChI is InChI=1S/C19H29BFNO4/c1-17(2,3)24-16(23)22(8)12-13-9-10-14(11-15(13)21)20-25-18(4,5)19(6,7)26-20/h9-11H,12H2,1-8H3. The molecule has 2 rings (SSSR count). The lowest BCUT2D eigenvalue weighted by Gasteiger charge is -2.32. The van der Waals surface area contributed by atoms with Gasteiger partial charge in [-0.05, 0) is 60.0 Å². The molecule has 1 amide bonds. The summed E-state index contributed by atoms with van der Waals surface area (Å²) in [5, 5.41) is 0. The van der Waals surface area contributed by atoms with Crippen molar-refractivity contribution in [2.45, 2.75) is 71.8 Å².